The van der Waals surface area contributed by atoms with Crippen LogP contribution in [0.2, 0.25) is 0 Å². The van der Waals surface area contributed by atoms with Gasteiger partial charge < -0.3 is 9.88 Å². The smallest absolute Gasteiger partial charge is 0.268 e. The van der Waals surface area contributed by atoms with Crippen molar-refractivity contribution in [3.8, 4) is 0 Å². The van der Waals surface area contributed by atoms with E-state index in [1.165, 1.54) is 0 Å². The lowest BCUT2D eigenvalue weighted by molar-refractivity contribution is 0.0919. The van der Waals surface area contributed by atoms with Crippen molar-refractivity contribution >= 4 is 32.7 Å². The largest absolute Gasteiger partial charge is 0.349 e. The van der Waals surface area contributed by atoms with E-state index in [9.17, 15) is 4.79 Å². The predicted molar refractivity (Wildman–Crippen MR) is 66.7 cm³/mol. The van der Waals surface area contributed by atoms with Gasteiger partial charge in [-0.1, -0.05) is 22.0 Å². The molecule has 0 saturated carbocycles. The molecular weight excluding hydrogens is 268 g/mol. The van der Waals surface area contributed by atoms with Crippen LogP contribution in [0.1, 0.15) is 23.5 Å². The first-order chi connectivity index (χ1) is 7.66. The Balaban J connectivity index is 2.38. The maximum atomic E-state index is 11.7. The van der Waals surface area contributed by atoms with Gasteiger partial charge in [-0.05, 0) is 25.1 Å². The number of hydrogen-bond donors (Lipinski definition) is 1. The van der Waals surface area contributed by atoms with Gasteiger partial charge in [0.15, 0.2) is 0 Å². The molecule has 1 aromatic heterocycles. The molecule has 1 atom stereocenters. The van der Waals surface area contributed by atoms with E-state index in [1.54, 1.807) is 0 Å². The molecule has 0 saturated heterocycles. The summed E-state index contributed by atoms with van der Waals surface area (Å²) in [5.74, 6) is 0.0189. The zero-order valence-electron chi connectivity index (χ0n) is 8.83. The highest BCUT2D eigenvalue weighted by molar-refractivity contribution is 9.10. The Hall–Kier alpha value is -1.29. The molecule has 0 fully saturated rings. The Morgan fingerprint density at radius 2 is 2.25 bits per heavy atom. The summed E-state index contributed by atoms with van der Waals surface area (Å²) in [4.78, 5) is 11.7. The summed E-state index contributed by atoms with van der Waals surface area (Å²) in [6.07, 6.45) is 0. The Kier molecular flexibility index (Phi) is 2.07. The number of carbonyl (C=O) groups is 1. The van der Waals surface area contributed by atoms with Gasteiger partial charge in [0.1, 0.15) is 5.69 Å². The Labute approximate surface area is 102 Å². The van der Waals surface area contributed by atoms with Crippen LogP contribution in [-0.2, 0) is 0 Å². The van der Waals surface area contributed by atoms with Crippen molar-refractivity contribution < 1.29 is 4.79 Å². The van der Waals surface area contributed by atoms with Crippen LogP contribution in [0.25, 0.3) is 10.9 Å². The lowest BCUT2D eigenvalue weighted by Crippen LogP contribution is -2.37. The van der Waals surface area contributed by atoms with Gasteiger partial charge in [0, 0.05) is 22.4 Å². The lowest BCUT2D eigenvalue weighted by atomic mass is 10.2. The number of hydrogen-bond acceptors (Lipinski definition) is 1. The highest BCUT2D eigenvalue weighted by atomic mass is 79.9. The average Bonchev–Trinajstić information content (AvgIpc) is 2.63. The SMILES string of the molecule is CC1CNC(=O)c2cc3ccc(Br)cc3n21. The van der Waals surface area contributed by atoms with Crippen LogP contribution >= 0.6 is 15.9 Å². The highest BCUT2D eigenvalue weighted by Gasteiger charge is 2.23. The van der Waals surface area contributed by atoms with Crippen molar-refractivity contribution in [1.82, 2.24) is 9.88 Å². The van der Waals surface area contributed by atoms with Crippen molar-refractivity contribution in [2.45, 2.75) is 13.0 Å². The van der Waals surface area contributed by atoms with Gasteiger partial charge in [-0.3, -0.25) is 4.79 Å². The third-order valence-electron chi connectivity index (χ3n) is 3.04. The molecule has 2 heterocycles. The first kappa shape index (κ1) is 9.90. The van der Waals surface area contributed by atoms with Crippen LogP contribution in [0.4, 0.5) is 0 Å². The third kappa shape index (κ3) is 1.29. The van der Waals surface area contributed by atoms with Gasteiger partial charge in [-0.2, -0.15) is 0 Å². The molecule has 1 aliphatic heterocycles. The highest BCUT2D eigenvalue weighted by Crippen LogP contribution is 2.28. The molecular formula is C12H11BrN2O. The third-order valence-corrected chi connectivity index (χ3v) is 3.53. The molecule has 2 aromatic rings. The second kappa shape index (κ2) is 3.35. The molecule has 4 heteroatoms. The van der Waals surface area contributed by atoms with E-state index in [4.69, 9.17) is 0 Å². The van der Waals surface area contributed by atoms with E-state index in [2.05, 4.69) is 38.8 Å². The fourth-order valence-electron chi connectivity index (χ4n) is 2.27. The molecule has 0 radical (unpaired) electrons. The molecule has 0 aliphatic carbocycles. The van der Waals surface area contributed by atoms with Crippen molar-refractivity contribution in [3.05, 3.63) is 34.4 Å². The van der Waals surface area contributed by atoms with Crippen LogP contribution in [0.15, 0.2) is 28.7 Å². The minimum atomic E-state index is 0.0189. The monoisotopic (exact) mass is 278 g/mol. The quantitative estimate of drug-likeness (QED) is 0.790. The molecule has 1 aliphatic rings. The summed E-state index contributed by atoms with van der Waals surface area (Å²) >= 11 is 3.47. The Bertz CT molecular complexity index is 588. The van der Waals surface area contributed by atoms with E-state index >= 15 is 0 Å². The minimum absolute atomic E-state index is 0.0189. The first-order valence-electron chi connectivity index (χ1n) is 5.25. The number of halogens is 1. The molecule has 1 aromatic carbocycles. The fourth-order valence-corrected chi connectivity index (χ4v) is 2.62. The van der Waals surface area contributed by atoms with Crippen LogP contribution in [0, 0.1) is 0 Å². The summed E-state index contributed by atoms with van der Waals surface area (Å²) < 4.78 is 3.15. The van der Waals surface area contributed by atoms with Crippen LogP contribution in [0.5, 0.6) is 0 Å². The summed E-state index contributed by atoms with van der Waals surface area (Å²) in [6.45, 7) is 2.81. The van der Waals surface area contributed by atoms with E-state index < -0.39 is 0 Å². The molecule has 82 valence electrons. The number of nitrogens with one attached hydrogen (secondary N) is 1. The van der Waals surface area contributed by atoms with E-state index in [0.717, 1.165) is 21.1 Å². The van der Waals surface area contributed by atoms with Crippen molar-refractivity contribution in [1.29, 1.82) is 0 Å². The minimum Gasteiger partial charge on any atom is -0.349 e. The molecule has 3 rings (SSSR count). The molecule has 3 nitrogen and oxygen atoms in total. The second-order valence-electron chi connectivity index (χ2n) is 4.16. The summed E-state index contributed by atoms with van der Waals surface area (Å²) in [7, 11) is 0. The van der Waals surface area contributed by atoms with Crippen LogP contribution in [-0.4, -0.2) is 17.0 Å². The number of rotatable bonds is 0. The van der Waals surface area contributed by atoms with Crippen molar-refractivity contribution in [3.63, 3.8) is 0 Å². The number of benzene rings is 1. The summed E-state index contributed by atoms with van der Waals surface area (Å²) in [5, 5.41) is 4.01. The van der Waals surface area contributed by atoms with Gasteiger partial charge in [-0.25, -0.2) is 0 Å². The maximum absolute atomic E-state index is 11.7. The van der Waals surface area contributed by atoms with Crippen LogP contribution < -0.4 is 5.32 Å². The second-order valence-corrected chi connectivity index (χ2v) is 5.08. The fraction of sp³-hybridized carbons (Fsp3) is 0.250. The van der Waals surface area contributed by atoms with Gasteiger partial charge in [0.2, 0.25) is 0 Å². The van der Waals surface area contributed by atoms with E-state index in [-0.39, 0.29) is 5.91 Å². The zero-order valence-corrected chi connectivity index (χ0v) is 10.4. The first-order valence-corrected chi connectivity index (χ1v) is 6.05. The number of fused-ring (bicyclic) bond motifs is 3. The normalized spacial score (nSPS) is 19.6. The lowest BCUT2D eigenvalue weighted by Gasteiger charge is -2.24. The van der Waals surface area contributed by atoms with Gasteiger partial charge in [0.25, 0.3) is 5.91 Å². The molecule has 1 N–H and O–H groups in total. The maximum Gasteiger partial charge on any atom is 0.268 e. The number of amides is 1. The zero-order chi connectivity index (χ0) is 11.3. The number of nitrogens with zero attached hydrogens (tertiary/aromatic N) is 1. The number of carbonyl (C=O) groups excluding carboxylic acids is 1. The molecule has 1 unspecified atom stereocenters. The van der Waals surface area contributed by atoms with Gasteiger partial charge >= 0.3 is 0 Å². The standard InChI is InChI=1S/C12H11BrN2O/c1-7-6-14-12(16)11-4-8-2-3-9(13)5-10(8)15(7)11/h2-5,7H,6H2,1H3,(H,14,16). The predicted octanol–water partition coefficient (Wildman–Crippen LogP) is 2.71. The Morgan fingerprint density at radius 3 is 3.06 bits per heavy atom. The molecule has 16 heavy (non-hydrogen) atoms. The topological polar surface area (TPSA) is 34.0 Å². The Morgan fingerprint density at radius 1 is 1.44 bits per heavy atom. The molecule has 0 spiro atoms. The van der Waals surface area contributed by atoms with Crippen molar-refractivity contribution in [2.24, 2.45) is 0 Å². The van der Waals surface area contributed by atoms with Crippen molar-refractivity contribution in [2.75, 3.05) is 6.54 Å². The van der Waals surface area contributed by atoms with E-state index in [1.807, 2.05) is 18.2 Å². The molecule has 0 bridgehead atoms. The summed E-state index contributed by atoms with van der Waals surface area (Å²) in [6, 6.07) is 8.35. The average molecular weight is 279 g/mol. The summed E-state index contributed by atoms with van der Waals surface area (Å²) in [5.41, 5.74) is 1.87. The van der Waals surface area contributed by atoms with E-state index in [0.29, 0.717) is 12.6 Å². The number of aromatic nitrogens is 1. The van der Waals surface area contributed by atoms with Gasteiger partial charge in [-0.15, -0.1) is 0 Å². The van der Waals surface area contributed by atoms with Gasteiger partial charge in [0.05, 0.1) is 5.52 Å². The van der Waals surface area contributed by atoms with Crippen LogP contribution in [0.3, 0.4) is 0 Å². The molecule has 1 amide bonds.